The van der Waals surface area contributed by atoms with Crippen LogP contribution in [-0.4, -0.2) is 16.9 Å². The van der Waals surface area contributed by atoms with Crippen LogP contribution in [0.15, 0.2) is 16.9 Å². The van der Waals surface area contributed by atoms with Crippen LogP contribution in [0.2, 0.25) is 0 Å². The number of hydrogen-bond acceptors (Lipinski definition) is 4. The maximum absolute atomic E-state index is 10.4. The summed E-state index contributed by atoms with van der Waals surface area (Å²) in [5.74, 6) is -0.454. The van der Waals surface area contributed by atoms with Crippen molar-refractivity contribution in [2.24, 2.45) is 4.99 Å². The number of carbonyl (C=O) groups excluding carboxylic acids is 1. The topological polar surface area (TPSA) is 72.6 Å². The Balaban J connectivity index is 2.77. The molecule has 5 heteroatoms. The van der Waals surface area contributed by atoms with Gasteiger partial charge in [0.15, 0.2) is 6.21 Å². The monoisotopic (exact) mass is 140 g/mol. The fraction of sp³-hybridized carbons (Fsp3) is 0.200. The molecule has 0 aromatic heterocycles. The fourth-order valence-electron chi connectivity index (χ4n) is 0.557. The molecule has 10 heavy (non-hydrogen) atoms. The minimum atomic E-state index is -0.622. The molecule has 0 bridgehead atoms. The van der Waals surface area contributed by atoms with Crippen molar-refractivity contribution in [3.63, 3.8) is 0 Å². The summed E-state index contributed by atoms with van der Waals surface area (Å²) in [6, 6.07) is 0. The Bertz CT molecular complexity index is 241. The van der Waals surface area contributed by atoms with Crippen LogP contribution in [0.5, 0.6) is 0 Å². The largest absolute Gasteiger partial charge is 0.359 e. The van der Waals surface area contributed by atoms with Gasteiger partial charge in [-0.25, -0.2) is 0 Å². The summed E-state index contributed by atoms with van der Waals surface area (Å²) in [4.78, 5) is 23.1. The highest BCUT2D eigenvalue weighted by Crippen LogP contribution is 2.03. The lowest BCUT2D eigenvalue weighted by Gasteiger charge is -1.94. The average molecular weight is 140 g/mol. The zero-order valence-electron chi connectivity index (χ0n) is 4.98. The van der Waals surface area contributed by atoms with Crippen LogP contribution >= 0.6 is 0 Å². The van der Waals surface area contributed by atoms with E-state index >= 15 is 0 Å². The zero-order valence-corrected chi connectivity index (χ0v) is 4.98. The molecule has 1 aliphatic heterocycles. The second-order valence-electron chi connectivity index (χ2n) is 1.75. The molecule has 0 N–H and O–H groups in total. The van der Waals surface area contributed by atoms with Crippen molar-refractivity contribution in [1.82, 2.24) is 0 Å². The Morgan fingerprint density at radius 1 is 1.70 bits per heavy atom. The average Bonchev–Trinajstić information content (AvgIpc) is 1.88. The van der Waals surface area contributed by atoms with Crippen LogP contribution in [0.1, 0.15) is 6.42 Å². The molecule has 0 atom stereocenters. The van der Waals surface area contributed by atoms with Crippen LogP contribution in [0, 0.1) is 10.1 Å². The predicted octanol–water partition coefficient (Wildman–Crippen LogP) is 0.148. The first-order valence-corrected chi connectivity index (χ1v) is 2.61. The SMILES string of the molecule is O=C1C=NC([N+](=O)[O-])=CC1. The molecule has 1 heterocycles. The van der Waals surface area contributed by atoms with Crippen LogP contribution in [0.25, 0.3) is 0 Å². The number of nitrogens with zero attached hydrogens (tertiary/aromatic N) is 2. The molecule has 5 nitrogen and oxygen atoms in total. The Morgan fingerprint density at radius 2 is 2.40 bits per heavy atom. The molecular weight excluding hydrogens is 136 g/mol. The van der Waals surface area contributed by atoms with E-state index in [9.17, 15) is 14.9 Å². The van der Waals surface area contributed by atoms with E-state index in [0.717, 1.165) is 6.21 Å². The van der Waals surface area contributed by atoms with Crippen LogP contribution in [0.4, 0.5) is 0 Å². The summed E-state index contributed by atoms with van der Waals surface area (Å²) in [7, 11) is 0. The van der Waals surface area contributed by atoms with Gasteiger partial charge in [-0.15, -0.1) is 0 Å². The molecule has 52 valence electrons. The van der Waals surface area contributed by atoms with E-state index in [1.54, 1.807) is 0 Å². The molecular formula is C5H4N2O3. The molecule has 0 aromatic carbocycles. The Kier molecular flexibility index (Phi) is 1.57. The Morgan fingerprint density at radius 3 is 2.80 bits per heavy atom. The van der Waals surface area contributed by atoms with Gasteiger partial charge in [0.05, 0.1) is 0 Å². The maximum atomic E-state index is 10.4. The molecule has 0 fully saturated rings. The molecule has 0 spiro atoms. The van der Waals surface area contributed by atoms with Crippen molar-refractivity contribution < 1.29 is 9.72 Å². The van der Waals surface area contributed by atoms with Crippen molar-refractivity contribution in [3.8, 4) is 0 Å². The predicted molar refractivity (Wildman–Crippen MR) is 33.2 cm³/mol. The van der Waals surface area contributed by atoms with Gasteiger partial charge in [-0.2, -0.15) is 0 Å². The van der Waals surface area contributed by atoms with Crippen molar-refractivity contribution >= 4 is 12.0 Å². The third kappa shape index (κ3) is 1.25. The minimum absolute atomic E-state index is 0.0831. The molecule has 1 aliphatic rings. The summed E-state index contributed by atoms with van der Waals surface area (Å²) in [5.41, 5.74) is 0. The fourth-order valence-corrected chi connectivity index (χ4v) is 0.557. The summed E-state index contributed by atoms with van der Waals surface area (Å²) < 4.78 is 0. The number of nitro groups is 1. The Labute approximate surface area is 56.2 Å². The number of ketones is 1. The van der Waals surface area contributed by atoms with Crippen molar-refractivity contribution in [1.29, 1.82) is 0 Å². The molecule has 0 saturated heterocycles. The molecule has 0 aliphatic carbocycles. The molecule has 0 radical (unpaired) electrons. The van der Waals surface area contributed by atoms with Gasteiger partial charge in [0.2, 0.25) is 5.78 Å². The van der Waals surface area contributed by atoms with Gasteiger partial charge < -0.3 is 10.1 Å². The third-order valence-electron chi connectivity index (χ3n) is 1.01. The van der Waals surface area contributed by atoms with Gasteiger partial charge in [0.1, 0.15) is 0 Å². The number of aliphatic imine (C=N–C) groups is 1. The highest BCUT2D eigenvalue weighted by Gasteiger charge is 2.14. The van der Waals surface area contributed by atoms with Crippen molar-refractivity contribution in [2.75, 3.05) is 0 Å². The molecule has 0 unspecified atom stereocenters. The van der Waals surface area contributed by atoms with E-state index in [4.69, 9.17) is 0 Å². The highest BCUT2D eigenvalue weighted by molar-refractivity contribution is 6.28. The van der Waals surface area contributed by atoms with E-state index < -0.39 is 4.92 Å². The molecule has 1 rings (SSSR count). The lowest BCUT2D eigenvalue weighted by atomic mass is 10.2. The van der Waals surface area contributed by atoms with Gasteiger partial charge in [-0.05, 0) is 9.92 Å². The summed E-state index contributed by atoms with van der Waals surface area (Å²) in [5, 5.41) is 9.97. The van der Waals surface area contributed by atoms with Crippen LogP contribution in [0.3, 0.4) is 0 Å². The first-order chi connectivity index (χ1) is 4.70. The number of rotatable bonds is 1. The quantitative estimate of drug-likeness (QED) is 0.384. The van der Waals surface area contributed by atoms with Gasteiger partial charge in [-0.1, -0.05) is 0 Å². The number of hydrogen-bond donors (Lipinski definition) is 0. The molecule has 0 aromatic rings. The summed E-state index contributed by atoms with van der Waals surface area (Å²) in [6.07, 6.45) is 2.25. The van der Waals surface area contributed by atoms with Gasteiger partial charge >= 0.3 is 5.82 Å². The van der Waals surface area contributed by atoms with E-state index in [1.165, 1.54) is 6.08 Å². The first kappa shape index (κ1) is 6.60. The number of carbonyl (C=O) groups is 1. The first-order valence-electron chi connectivity index (χ1n) is 2.61. The number of Topliss-reactive ketones (excluding diaryl/α,β-unsaturated/α-hetero) is 1. The van der Waals surface area contributed by atoms with Crippen molar-refractivity contribution in [2.45, 2.75) is 6.42 Å². The Hall–Kier alpha value is -1.52. The van der Waals surface area contributed by atoms with Gasteiger partial charge in [0, 0.05) is 12.5 Å². The minimum Gasteiger partial charge on any atom is -0.358 e. The van der Waals surface area contributed by atoms with Gasteiger partial charge in [-0.3, -0.25) is 4.79 Å². The maximum Gasteiger partial charge on any atom is 0.359 e. The smallest absolute Gasteiger partial charge is 0.358 e. The zero-order chi connectivity index (χ0) is 7.56. The van der Waals surface area contributed by atoms with Crippen LogP contribution < -0.4 is 0 Å². The lowest BCUT2D eigenvalue weighted by molar-refractivity contribution is -0.426. The highest BCUT2D eigenvalue weighted by atomic mass is 16.6. The normalized spacial score (nSPS) is 16.8. The van der Waals surface area contributed by atoms with E-state index in [1.807, 2.05) is 0 Å². The lowest BCUT2D eigenvalue weighted by Crippen LogP contribution is -2.07. The second kappa shape index (κ2) is 2.38. The van der Waals surface area contributed by atoms with E-state index in [0.29, 0.717) is 0 Å². The summed E-state index contributed by atoms with van der Waals surface area (Å²) in [6.45, 7) is 0. The third-order valence-corrected chi connectivity index (χ3v) is 1.01. The van der Waals surface area contributed by atoms with E-state index in [2.05, 4.69) is 4.99 Å². The second-order valence-corrected chi connectivity index (χ2v) is 1.75. The molecule has 0 amide bonds. The summed E-state index contributed by atoms with van der Waals surface area (Å²) >= 11 is 0. The number of allylic oxidation sites excluding steroid dienone is 1. The standard InChI is InChI=1S/C5H4N2O3/c8-4-1-2-5(6-3-4)7(9)10/h2-3H,1H2. The van der Waals surface area contributed by atoms with Crippen molar-refractivity contribution in [3.05, 3.63) is 22.0 Å². The van der Waals surface area contributed by atoms with Crippen LogP contribution in [-0.2, 0) is 4.79 Å². The van der Waals surface area contributed by atoms with E-state index in [-0.39, 0.29) is 18.0 Å². The van der Waals surface area contributed by atoms with Gasteiger partial charge in [0.25, 0.3) is 0 Å². The molecule has 0 saturated carbocycles.